The second-order valence-electron chi connectivity index (χ2n) is 12.6. The third-order valence-electron chi connectivity index (χ3n) is 8.69. The third kappa shape index (κ3) is 5.89. The number of hydrogen-bond acceptors (Lipinski definition) is 9. The van der Waals surface area contributed by atoms with Gasteiger partial charge in [-0.3, -0.25) is 14.3 Å². The van der Waals surface area contributed by atoms with E-state index in [0.717, 1.165) is 40.9 Å². The highest BCUT2D eigenvalue weighted by Gasteiger charge is 2.48. The first-order valence-electron chi connectivity index (χ1n) is 14.7. The van der Waals surface area contributed by atoms with Crippen LogP contribution < -0.4 is 0 Å². The van der Waals surface area contributed by atoms with Gasteiger partial charge in [0.25, 0.3) is 10.0 Å². The van der Waals surface area contributed by atoms with Gasteiger partial charge in [-0.2, -0.15) is 19.8 Å². The maximum atomic E-state index is 13.1. The summed E-state index contributed by atoms with van der Waals surface area (Å²) in [5, 5.41) is 19.6. The summed E-state index contributed by atoms with van der Waals surface area (Å²) in [5.74, 6) is 1.06. The van der Waals surface area contributed by atoms with Crippen molar-refractivity contribution in [3.63, 3.8) is 0 Å². The lowest BCUT2D eigenvalue weighted by molar-refractivity contribution is -0.0382. The minimum absolute atomic E-state index is 0.213. The molecule has 6 heterocycles. The van der Waals surface area contributed by atoms with E-state index in [4.69, 9.17) is 9.84 Å². The zero-order chi connectivity index (χ0) is 31.1. The Kier molecular flexibility index (Phi) is 8.31. The van der Waals surface area contributed by atoms with Crippen LogP contribution >= 0.6 is 10.0 Å². The fourth-order valence-electron chi connectivity index (χ4n) is 6.16. The minimum Gasteiger partial charge on any atom is -0.360 e. The quantitative estimate of drug-likeness (QED) is 0.226. The summed E-state index contributed by atoms with van der Waals surface area (Å²) in [4.78, 5) is 11.5. The Morgan fingerprint density at radius 2 is 1.89 bits per heavy atom. The molecule has 44 heavy (non-hydrogen) atoms. The van der Waals surface area contributed by atoms with Crippen LogP contribution in [0.1, 0.15) is 19.3 Å². The summed E-state index contributed by atoms with van der Waals surface area (Å²) >= 11 is 0. The molecule has 0 N–H and O–H groups in total. The molecular formula is C29H40N10O3S2. The van der Waals surface area contributed by atoms with Crippen LogP contribution in [0.4, 0.5) is 0 Å². The number of likely N-dealkylation sites (tertiary alicyclic amines) is 1. The van der Waals surface area contributed by atoms with Gasteiger partial charge in [0.2, 0.25) is 0 Å². The molecule has 4 aromatic heterocycles. The van der Waals surface area contributed by atoms with E-state index >= 15 is 0 Å². The van der Waals surface area contributed by atoms with Gasteiger partial charge < -0.3 is 9.30 Å². The highest BCUT2D eigenvalue weighted by Crippen LogP contribution is 2.38. The van der Waals surface area contributed by atoms with Gasteiger partial charge in [-0.1, -0.05) is 0 Å². The van der Waals surface area contributed by atoms with E-state index in [1.165, 1.54) is 16.9 Å². The number of hydrogen-bond donors (Lipinski definition) is 0. The molecule has 2 aliphatic rings. The standard InChI is InChI=1S/C29H40N10O3S2/c1-35-26(5-11-33-35)44(40,41)38-13-6-24(7-14-38)37-19-29(20-37,9-10-30)39-18-23(17-34-39)27-25-8-12-36(28(25)32-21-31-27)22-42-15-16-43(2,3)4/h5,8,11-12,17-18,21,24H,6-7,9,13-16,19-20,22H2,1-4H3. The number of nitriles is 1. The second kappa shape index (κ2) is 11.9. The molecule has 0 bridgehead atoms. The number of rotatable bonds is 11. The molecule has 6 rings (SSSR count). The lowest BCUT2D eigenvalue weighted by Gasteiger charge is -2.53. The van der Waals surface area contributed by atoms with Gasteiger partial charge in [-0.25, -0.2) is 28.4 Å². The Morgan fingerprint density at radius 1 is 1.11 bits per heavy atom. The first kappa shape index (κ1) is 30.7. The van der Waals surface area contributed by atoms with Gasteiger partial charge in [0.1, 0.15) is 24.2 Å². The summed E-state index contributed by atoms with van der Waals surface area (Å²) in [6, 6.07) is 6.17. The molecule has 0 unspecified atom stereocenters. The number of fused-ring (bicyclic) bond motifs is 1. The van der Waals surface area contributed by atoms with Gasteiger partial charge in [0.05, 0.1) is 37.2 Å². The van der Waals surface area contributed by atoms with Gasteiger partial charge in [0.15, 0.2) is 5.03 Å². The van der Waals surface area contributed by atoms with Crippen LogP contribution in [0.25, 0.3) is 22.3 Å². The van der Waals surface area contributed by atoms with Crippen LogP contribution in [0.15, 0.2) is 48.3 Å². The molecule has 0 atom stereocenters. The summed E-state index contributed by atoms with van der Waals surface area (Å²) < 4.78 is 39.0. The van der Waals surface area contributed by atoms with E-state index < -0.39 is 25.6 Å². The van der Waals surface area contributed by atoms with Crippen molar-refractivity contribution in [2.24, 2.45) is 7.05 Å². The van der Waals surface area contributed by atoms with Gasteiger partial charge in [-0.05, 0) is 43.7 Å². The van der Waals surface area contributed by atoms with E-state index in [9.17, 15) is 13.7 Å². The van der Waals surface area contributed by atoms with Crippen LogP contribution in [0.2, 0.25) is 0 Å². The molecule has 2 fully saturated rings. The van der Waals surface area contributed by atoms with Crippen molar-refractivity contribution in [2.45, 2.75) is 42.6 Å². The predicted octanol–water partition coefficient (Wildman–Crippen LogP) is 2.47. The number of piperidine rings is 1. The summed E-state index contributed by atoms with van der Waals surface area (Å²) in [5.41, 5.74) is 2.04. The molecule has 15 heteroatoms. The summed E-state index contributed by atoms with van der Waals surface area (Å²) in [7, 11) is -2.54. The Morgan fingerprint density at radius 3 is 2.57 bits per heavy atom. The fraction of sp³-hybridized carbons (Fsp3) is 0.552. The van der Waals surface area contributed by atoms with Gasteiger partial charge in [-0.15, -0.1) is 0 Å². The topological polar surface area (TPSA) is 140 Å². The van der Waals surface area contributed by atoms with Crippen LogP contribution in [-0.2, 0) is 34.1 Å². The molecule has 2 aliphatic heterocycles. The molecule has 0 aromatic carbocycles. The van der Waals surface area contributed by atoms with Crippen molar-refractivity contribution in [1.82, 2.24) is 43.3 Å². The molecule has 0 spiro atoms. The number of ether oxygens (including phenoxy) is 1. The second-order valence-corrected chi connectivity index (χ2v) is 19.1. The monoisotopic (exact) mass is 640 g/mol. The molecule has 4 aromatic rings. The Balaban J connectivity index is 1.12. The van der Waals surface area contributed by atoms with Crippen molar-refractivity contribution >= 4 is 31.1 Å². The van der Waals surface area contributed by atoms with E-state index in [-0.39, 0.29) is 11.1 Å². The Bertz CT molecular complexity index is 1770. The Hall–Kier alpha value is -3.29. The summed E-state index contributed by atoms with van der Waals surface area (Å²) in [6.07, 6.45) is 17.5. The predicted molar refractivity (Wildman–Crippen MR) is 170 cm³/mol. The van der Waals surface area contributed by atoms with Crippen molar-refractivity contribution in [3.05, 3.63) is 43.2 Å². The highest BCUT2D eigenvalue weighted by molar-refractivity contribution is 8.32. The van der Waals surface area contributed by atoms with Gasteiger partial charge >= 0.3 is 0 Å². The van der Waals surface area contributed by atoms with Crippen LogP contribution in [0.3, 0.4) is 0 Å². The van der Waals surface area contributed by atoms with Gasteiger partial charge in [0, 0.05) is 68.4 Å². The Labute approximate surface area is 259 Å². The molecule has 0 saturated carbocycles. The molecule has 13 nitrogen and oxygen atoms in total. The molecule has 0 amide bonds. The number of aromatic nitrogens is 7. The van der Waals surface area contributed by atoms with Crippen LogP contribution in [0, 0.1) is 11.3 Å². The number of aryl methyl sites for hydroxylation is 1. The van der Waals surface area contributed by atoms with Crippen molar-refractivity contribution in [1.29, 1.82) is 5.26 Å². The van der Waals surface area contributed by atoms with E-state index in [1.807, 2.05) is 33.9 Å². The first-order chi connectivity index (χ1) is 21.0. The first-order valence-corrected chi connectivity index (χ1v) is 19.2. The third-order valence-corrected chi connectivity index (χ3v) is 12.1. The van der Waals surface area contributed by atoms with Crippen molar-refractivity contribution < 1.29 is 13.2 Å². The zero-order valence-electron chi connectivity index (χ0n) is 25.7. The van der Waals surface area contributed by atoms with Crippen LogP contribution in [0.5, 0.6) is 0 Å². The van der Waals surface area contributed by atoms with Crippen LogP contribution in [-0.4, -0.2) is 115 Å². The average molecular weight is 641 g/mol. The number of sulfonamides is 1. The molecule has 0 aliphatic carbocycles. The van der Waals surface area contributed by atoms with Crippen molar-refractivity contribution in [2.75, 3.05) is 57.3 Å². The van der Waals surface area contributed by atoms with E-state index in [2.05, 4.69) is 44.8 Å². The maximum absolute atomic E-state index is 13.1. The largest absolute Gasteiger partial charge is 0.360 e. The lowest BCUT2D eigenvalue weighted by atomic mass is 9.84. The fourth-order valence-corrected chi connectivity index (χ4v) is 8.35. The lowest BCUT2D eigenvalue weighted by Crippen LogP contribution is -2.66. The highest BCUT2D eigenvalue weighted by atomic mass is 32.3. The van der Waals surface area contributed by atoms with E-state index in [0.29, 0.717) is 45.9 Å². The zero-order valence-corrected chi connectivity index (χ0v) is 27.3. The maximum Gasteiger partial charge on any atom is 0.260 e. The normalized spacial score (nSPS) is 18.8. The van der Waals surface area contributed by atoms with Crippen molar-refractivity contribution in [3.8, 4) is 17.3 Å². The molecule has 2 saturated heterocycles. The molecular weight excluding hydrogens is 601 g/mol. The van der Waals surface area contributed by atoms with E-state index in [1.54, 1.807) is 17.7 Å². The molecule has 236 valence electrons. The smallest absolute Gasteiger partial charge is 0.260 e. The molecule has 0 radical (unpaired) electrons. The average Bonchev–Trinajstić information content (AvgIpc) is 3.73. The SMILES string of the molecule is Cn1nccc1S(=O)(=O)N1CCC(N2CC(CC#N)(n3cc(-c4ncnc5c4ccn5COCCS(C)(C)C)cn3)C2)CC1. The number of nitrogens with zero attached hydrogens (tertiary/aromatic N) is 10. The summed E-state index contributed by atoms with van der Waals surface area (Å²) in [6.45, 7) is 3.43. The minimum atomic E-state index is -3.57.